The lowest BCUT2D eigenvalue weighted by atomic mass is 10.1. The van der Waals surface area contributed by atoms with E-state index >= 15 is 0 Å². The van der Waals surface area contributed by atoms with Crippen molar-refractivity contribution in [1.29, 1.82) is 0 Å². The van der Waals surface area contributed by atoms with E-state index in [4.69, 9.17) is 16.3 Å². The van der Waals surface area contributed by atoms with E-state index < -0.39 is 6.10 Å². The van der Waals surface area contributed by atoms with Crippen LogP contribution in [0, 0.1) is 0 Å². The highest BCUT2D eigenvalue weighted by atomic mass is 35.5. The summed E-state index contributed by atoms with van der Waals surface area (Å²) in [5.41, 5.74) is 1.15. The smallest absolute Gasteiger partial charge is 0.0725 e. The summed E-state index contributed by atoms with van der Waals surface area (Å²) in [7, 11) is 0. The van der Waals surface area contributed by atoms with Crippen molar-refractivity contribution < 1.29 is 9.84 Å². The molecule has 0 amide bonds. The number of hydrogen-bond acceptors (Lipinski definition) is 2. The van der Waals surface area contributed by atoms with Gasteiger partial charge in [0.05, 0.1) is 18.1 Å². The molecule has 90 valence electrons. The molecule has 2 atom stereocenters. The second-order valence-electron chi connectivity index (χ2n) is 3.82. The Morgan fingerprint density at radius 3 is 2.62 bits per heavy atom. The largest absolute Gasteiger partial charge is 0.392 e. The Kier molecular flexibility index (Phi) is 6.46. The topological polar surface area (TPSA) is 29.5 Å². The third kappa shape index (κ3) is 4.97. The fourth-order valence-corrected chi connectivity index (χ4v) is 1.55. The molecule has 0 aliphatic carbocycles. The fraction of sp³-hybridized carbons (Fsp3) is 0.538. The van der Waals surface area contributed by atoms with E-state index in [2.05, 4.69) is 0 Å². The molecule has 0 heterocycles. The number of aliphatic hydroxyl groups is 1. The molecular formula is C13H19ClO2. The van der Waals surface area contributed by atoms with Gasteiger partial charge in [0.25, 0.3) is 0 Å². The summed E-state index contributed by atoms with van der Waals surface area (Å²) in [6.07, 6.45) is 0.901. The summed E-state index contributed by atoms with van der Waals surface area (Å²) in [4.78, 5) is 0. The van der Waals surface area contributed by atoms with Gasteiger partial charge in [0.2, 0.25) is 0 Å². The third-order valence-electron chi connectivity index (χ3n) is 2.48. The van der Waals surface area contributed by atoms with Gasteiger partial charge in [0.15, 0.2) is 0 Å². The van der Waals surface area contributed by atoms with Crippen LogP contribution in [0.15, 0.2) is 30.3 Å². The van der Waals surface area contributed by atoms with E-state index in [1.54, 1.807) is 0 Å². The molecule has 0 saturated heterocycles. The van der Waals surface area contributed by atoms with Crippen molar-refractivity contribution in [1.82, 2.24) is 0 Å². The van der Waals surface area contributed by atoms with Gasteiger partial charge in [-0.3, -0.25) is 0 Å². The van der Waals surface area contributed by atoms with Crippen LogP contribution in [0.25, 0.3) is 0 Å². The standard InChI is InChI=1S/C13H19ClO2/c1-2-12(14)13(15)8-9-16-10-11-6-4-3-5-7-11/h3-7,12-13,15H,2,8-10H2,1H3/t12-,13+/m1/s1. The number of benzene rings is 1. The van der Waals surface area contributed by atoms with Crippen molar-refractivity contribution in [3.8, 4) is 0 Å². The normalized spacial score (nSPS) is 14.7. The van der Waals surface area contributed by atoms with E-state index in [0.29, 0.717) is 19.6 Å². The van der Waals surface area contributed by atoms with Crippen molar-refractivity contribution in [3.05, 3.63) is 35.9 Å². The van der Waals surface area contributed by atoms with Gasteiger partial charge in [-0.05, 0) is 18.4 Å². The molecule has 1 rings (SSSR count). The number of aliphatic hydroxyl groups excluding tert-OH is 1. The summed E-state index contributed by atoms with van der Waals surface area (Å²) < 4.78 is 5.47. The van der Waals surface area contributed by atoms with Crippen LogP contribution >= 0.6 is 11.6 Å². The monoisotopic (exact) mass is 242 g/mol. The molecule has 1 N–H and O–H groups in total. The first kappa shape index (κ1) is 13.5. The van der Waals surface area contributed by atoms with Crippen molar-refractivity contribution in [2.24, 2.45) is 0 Å². The molecule has 0 unspecified atom stereocenters. The van der Waals surface area contributed by atoms with Crippen molar-refractivity contribution in [2.45, 2.75) is 37.9 Å². The van der Waals surface area contributed by atoms with Gasteiger partial charge < -0.3 is 9.84 Å². The zero-order valence-electron chi connectivity index (χ0n) is 9.60. The molecule has 1 aromatic rings. The Balaban J connectivity index is 2.13. The predicted octanol–water partition coefficient (Wildman–Crippen LogP) is 2.97. The lowest BCUT2D eigenvalue weighted by Crippen LogP contribution is -2.21. The lowest BCUT2D eigenvalue weighted by Gasteiger charge is -2.14. The third-order valence-corrected chi connectivity index (χ3v) is 3.08. The summed E-state index contributed by atoms with van der Waals surface area (Å²) in [5, 5.41) is 9.44. The second kappa shape index (κ2) is 7.66. The van der Waals surface area contributed by atoms with Gasteiger partial charge >= 0.3 is 0 Å². The van der Waals surface area contributed by atoms with Gasteiger partial charge in [-0.1, -0.05) is 37.3 Å². The summed E-state index contributed by atoms with van der Waals surface area (Å²) in [5.74, 6) is 0. The Morgan fingerprint density at radius 1 is 1.31 bits per heavy atom. The Morgan fingerprint density at radius 2 is 2.00 bits per heavy atom. The van der Waals surface area contributed by atoms with Crippen molar-refractivity contribution in [3.63, 3.8) is 0 Å². The molecular weight excluding hydrogens is 224 g/mol. The SMILES string of the molecule is CC[C@@H](Cl)[C@@H](O)CCOCc1ccccc1. The van der Waals surface area contributed by atoms with Crippen molar-refractivity contribution >= 4 is 11.6 Å². The highest BCUT2D eigenvalue weighted by Gasteiger charge is 2.13. The summed E-state index contributed by atoms with van der Waals surface area (Å²) in [6.45, 7) is 3.09. The maximum absolute atomic E-state index is 9.60. The number of alkyl halides is 1. The van der Waals surface area contributed by atoms with E-state index in [1.807, 2.05) is 37.3 Å². The number of hydrogen-bond donors (Lipinski definition) is 1. The van der Waals surface area contributed by atoms with E-state index in [-0.39, 0.29) is 5.38 Å². The summed E-state index contributed by atoms with van der Waals surface area (Å²) in [6, 6.07) is 9.99. The maximum Gasteiger partial charge on any atom is 0.0725 e. The van der Waals surface area contributed by atoms with Crippen LogP contribution < -0.4 is 0 Å². The van der Waals surface area contributed by atoms with Gasteiger partial charge in [-0.2, -0.15) is 0 Å². The molecule has 0 fully saturated rings. The highest BCUT2D eigenvalue weighted by Crippen LogP contribution is 2.11. The average molecular weight is 243 g/mol. The van der Waals surface area contributed by atoms with Gasteiger partial charge in [-0.15, -0.1) is 11.6 Å². The molecule has 0 aliphatic heterocycles. The zero-order valence-corrected chi connectivity index (χ0v) is 10.4. The van der Waals surface area contributed by atoms with Crippen LogP contribution in [0.4, 0.5) is 0 Å². The molecule has 0 aliphatic rings. The molecule has 0 spiro atoms. The quantitative estimate of drug-likeness (QED) is 0.589. The van der Waals surface area contributed by atoms with Crippen LogP contribution in [0.2, 0.25) is 0 Å². The molecule has 16 heavy (non-hydrogen) atoms. The van der Waals surface area contributed by atoms with E-state index in [0.717, 1.165) is 12.0 Å². The van der Waals surface area contributed by atoms with E-state index in [1.165, 1.54) is 0 Å². The molecule has 0 radical (unpaired) electrons. The first-order valence-corrected chi connectivity index (χ1v) is 6.11. The molecule has 2 nitrogen and oxygen atoms in total. The predicted molar refractivity (Wildman–Crippen MR) is 66.7 cm³/mol. The molecule has 0 saturated carbocycles. The number of rotatable bonds is 7. The van der Waals surface area contributed by atoms with Gasteiger partial charge in [-0.25, -0.2) is 0 Å². The minimum absolute atomic E-state index is 0.166. The first-order chi connectivity index (χ1) is 7.74. The Bertz CT molecular complexity index is 277. The van der Waals surface area contributed by atoms with Gasteiger partial charge in [0.1, 0.15) is 0 Å². The maximum atomic E-state index is 9.60. The van der Waals surface area contributed by atoms with Crippen molar-refractivity contribution in [2.75, 3.05) is 6.61 Å². The molecule has 1 aromatic carbocycles. The zero-order chi connectivity index (χ0) is 11.8. The number of halogens is 1. The van der Waals surface area contributed by atoms with Crippen LogP contribution in [0.3, 0.4) is 0 Å². The first-order valence-electron chi connectivity index (χ1n) is 5.67. The molecule has 0 bridgehead atoms. The molecule has 3 heteroatoms. The van der Waals surface area contributed by atoms with Gasteiger partial charge in [0, 0.05) is 6.61 Å². The fourth-order valence-electron chi connectivity index (χ4n) is 1.42. The highest BCUT2D eigenvalue weighted by molar-refractivity contribution is 6.20. The average Bonchev–Trinajstić information content (AvgIpc) is 2.34. The minimum atomic E-state index is -0.470. The molecule has 0 aromatic heterocycles. The van der Waals surface area contributed by atoms with Crippen LogP contribution in [0.1, 0.15) is 25.3 Å². The van der Waals surface area contributed by atoms with Crippen LogP contribution in [0.5, 0.6) is 0 Å². The lowest BCUT2D eigenvalue weighted by molar-refractivity contribution is 0.0713. The van der Waals surface area contributed by atoms with E-state index in [9.17, 15) is 5.11 Å². The minimum Gasteiger partial charge on any atom is -0.392 e. The van der Waals surface area contributed by atoms with Crippen LogP contribution in [-0.4, -0.2) is 23.2 Å². The summed E-state index contributed by atoms with van der Waals surface area (Å²) >= 11 is 5.91. The Labute approximate surface area is 102 Å². The Hall–Kier alpha value is -0.570. The van der Waals surface area contributed by atoms with Crippen LogP contribution in [-0.2, 0) is 11.3 Å². The number of ether oxygens (including phenoxy) is 1. The second-order valence-corrected chi connectivity index (χ2v) is 4.38.